The number of nitrogens with one attached hydrogen (secondary N) is 1. The molecule has 5 heterocycles. The van der Waals surface area contributed by atoms with Gasteiger partial charge >= 0.3 is 5.76 Å². The number of imidazole rings is 1. The Morgan fingerprint density at radius 3 is 2.58 bits per heavy atom. The van der Waals surface area contributed by atoms with Crippen LogP contribution >= 0.6 is 11.6 Å². The van der Waals surface area contributed by atoms with E-state index in [1.165, 1.54) is 32.1 Å². The molecule has 1 atom stereocenters. The summed E-state index contributed by atoms with van der Waals surface area (Å²) in [6.45, 7) is 7.99. The number of halogens is 1. The minimum Gasteiger partial charge on any atom is -0.377 e. The van der Waals surface area contributed by atoms with E-state index >= 15 is 0 Å². The van der Waals surface area contributed by atoms with Crippen molar-refractivity contribution < 1.29 is 9.26 Å². The van der Waals surface area contributed by atoms with Gasteiger partial charge in [-0.25, -0.2) is 14.8 Å². The van der Waals surface area contributed by atoms with Crippen molar-refractivity contribution in [3.05, 3.63) is 40.1 Å². The number of aromatic amines is 1. The molecule has 11 heteroatoms. The average molecular weight is 568 g/mol. The number of ether oxygens (including phenoxy) is 1. The first-order valence-electron chi connectivity index (χ1n) is 14.2. The van der Waals surface area contributed by atoms with Gasteiger partial charge in [-0.2, -0.15) is 0 Å². The van der Waals surface area contributed by atoms with Gasteiger partial charge in [-0.05, 0) is 44.7 Å². The van der Waals surface area contributed by atoms with Crippen molar-refractivity contribution in [3.8, 4) is 22.8 Å². The number of hydrogen-bond acceptors (Lipinski definition) is 8. The highest BCUT2D eigenvalue weighted by molar-refractivity contribution is 6.30. The molecule has 1 unspecified atom stereocenters. The van der Waals surface area contributed by atoms with Crippen LogP contribution in [0.25, 0.3) is 33.8 Å². The average Bonchev–Trinajstić information content (AvgIpc) is 3.66. The van der Waals surface area contributed by atoms with Crippen molar-refractivity contribution >= 4 is 28.6 Å². The van der Waals surface area contributed by atoms with Gasteiger partial charge in [0.1, 0.15) is 5.69 Å². The Morgan fingerprint density at radius 1 is 1.12 bits per heavy atom. The molecule has 0 amide bonds. The Labute approximate surface area is 239 Å². The van der Waals surface area contributed by atoms with Crippen molar-refractivity contribution in [1.82, 2.24) is 29.7 Å². The maximum Gasteiger partial charge on any atom is 0.439 e. The largest absolute Gasteiger partial charge is 0.439 e. The fourth-order valence-corrected chi connectivity index (χ4v) is 5.74. The molecule has 4 aromatic heterocycles. The third kappa shape index (κ3) is 6.39. The zero-order valence-electron chi connectivity index (χ0n) is 23.7. The lowest BCUT2D eigenvalue weighted by atomic mass is 9.91. The van der Waals surface area contributed by atoms with Crippen molar-refractivity contribution in [2.45, 2.75) is 77.9 Å². The van der Waals surface area contributed by atoms with E-state index in [1.54, 1.807) is 24.5 Å². The van der Waals surface area contributed by atoms with Crippen LogP contribution in [0.4, 0.5) is 5.95 Å². The molecular weight excluding hydrogens is 530 g/mol. The maximum absolute atomic E-state index is 11.5. The van der Waals surface area contributed by atoms with Gasteiger partial charge in [-0.3, -0.25) is 14.5 Å². The zero-order valence-corrected chi connectivity index (χ0v) is 24.4. The van der Waals surface area contributed by atoms with Crippen LogP contribution in [-0.4, -0.2) is 55.0 Å². The van der Waals surface area contributed by atoms with Crippen molar-refractivity contribution in [1.29, 1.82) is 0 Å². The fraction of sp³-hybridized carbons (Fsp3) is 0.552. The molecule has 0 spiro atoms. The maximum atomic E-state index is 11.5. The number of aryl methyl sites for hydroxylation is 1. The van der Waals surface area contributed by atoms with Crippen LogP contribution in [0.1, 0.15) is 65.7 Å². The highest BCUT2D eigenvalue weighted by atomic mass is 35.5. The standard InChI is InChI=1S/C22H24ClN7O3.C7H14/c1-12(2)32-11-15-5-4-6-30(15)21-26-16-8-17(20-27-22(31)33-28-20)25-18(19(16)29(21)3)13-7-14(23)10-24-9-13;1-7-5-3-2-4-6-7/h7-10,12,15H,4-6,11H2,1-3H3,(H,27,28,31);7H,2-6H2,1H3. The smallest absolute Gasteiger partial charge is 0.377 e. The van der Waals surface area contributed by atoms with Crippen LogP contribution in [-0.2, 0) is 11.8 Å². The minimum absolute atomic E-state index is 0.172. The first kappa shape index (κ1) is 28.3. The molecule has 1 aliphatic carbocycles. The van der Waals surface area contributed by atoms with E-state index in [0.29, 0.717) is 28.5 Å². The monoisotopic (exact) mass is 567 g/mol. The van der Waals surface area contributed by atoms with Crippen LogP contribution in [0.15, 0.2) is 33.8 Å². The highest BCUT2D eigenvalue weighted by Gasteiger charge is 2.30. The Hall–Kier alpha value is -3.24. The molecule has 1 N–H and O–H groups in total. The second-order valence-corrected chi connectivity index (χ2v) is 11.6. The highest BCUT2D eigenvalue weighted by Crippen LogP contribution is 2.35. The van der Waals surface area contributed by atoms with Crippen LogP contribution in [0.2, 0.25) is 5.02 Å². The SMILES string of the molecule is CC(C)OCC1CCCN1c1nc2cc(-c3noc(=O)[nH]3)nc(-c3cncc(Cl)c3)c2n1C.CC1CCCCC1. The molecule has 2 fully saturated rings. The lowest BCUT2D eigenvalue weighted by Gasteiger charge is -2.26. The second-order valence-electron chi connectivity index (χ2n) is 11.1. The van der Waals surface area contributed by atoms with E-state index in [9.17, 15) is 4.79 Å². The number of H-pyrrole nitrogens is 1. The molecule has 214 valence electrons. The number of nitrogens with zero attached hydrogens (tertiary/aromatic N) is 6. The summed E-state index contributed by atoms with van der Waals surface area (Å²) in [6.07, 6.45) is 13.0. The minimum atomic E-state index is -0.648. The molecule has 0 radical (unpaired) electrons. The second kappa shape index (κ2) is 12.5. The van der Waals surface area contributed by atoms with E-state index < -0.39 is 5.76 Å². The van der Waals surface area contributed by atoms with Crippen LogP contribution in [0.5, 0.6) is 0 Å². The summed E-state index contributed by atoms with van der Waals surface area (Å²) in [6, 6.07) is 3.84. The molecule has 4 aromatic rings. The summed E-state index contributed by atoms with van der Waals surface area (Å²) >= 11 is 6.22. The van der Waals surface area contributed by atoms with Gasteiger partial charge < -0.3 is 14.2 Å². The van der Waals surface area contributed by atoms with Gasteiger partial charge in [-0.15, -0.1) is 0 Å². The number of rotatable bonds is 6. The quantitative estimate of drug-likeness (QED) is 0.301. The Bertz CT molecular complexity index is 1490. The van der Waals surface area contributed by atoms with Crippen molar-refractivity contribution in [2.24, 2.45) is 13.0 Å². The van der Waals surface area contributed by atoms with Crippen molar-refractivity contribution in [3.63, 3.8) is 0 Å². The number of anilines is 1. The molecule has 0 bridgehead atoms. The summed E-state index contributed by atoms with van der Waals surface area (Å²) in [4.78, 5) is 30.3. The summed E-state index contributed by atoms with van der Waals surface area (Å²) in [5.74, 6) is 1.46. The predicted molar refractivity (Wildman–Crippen MR) is 157 cm³/mol. The fourth-order valence-electron chi connectivity index (χ4n) is 5.57. The normalized spacial score (nSPS) is 17.9. The van der Waals surface area contributed by atoms with E-state index in [1.807, 2.05) is 25.5 Å². The third-order valence-electron chi connectivity index (χ3n) is 7.64. The van der Waals surface area contributed by atoms with Crippen LogP contribution < -0.4 is 10.7 Å². The van der Waals surface area contributed by atoms with Gasteiger partial charge in [0, 0.05) is 31.5 Å². The van der Waals surface area contributed by atoms with Gasteiger partial charge in [0.25, 0.3) is 0 Å². The number of aromatic nitrogens is 6. The lowest BCUT2D eigenvalue weighted by Crippen LogP contribution is -2.35. The number of pyridine rings is 2. The Balaban J connectivity index is 0.000000403. The molecule has 10 nitrogen and oxygen atoms in total. The van der Waals surface area contributed by atoms with Crippen LogP contribution in [0, 0.1) is 5.92 Å². The number of hydrogen-bond donors (Lipinski definition) is 1. The summed E-state index contributed by atoms with van der Waals surface area (Å²) in [5, 5.41) is 4.29. The molecule has 2 aliphatic rings. The molecule has 1 saturated heterocycles. The van der Waals surface area contributed by atoms with E-state index in [4.69, 9.17) is 26.3 Å². The van der Waals surface area contributed by atoms with Crippen LogP contribution in [0.3, 0.4) is 0 Å². The molecule has 1 aliphatic heterocycles. The molecule has 1 saturated carbocycles. The van der Waals surface area contributed by atoms with Gasteiger partial charge in [0.05, 0.1) is 40.5 Å². The summed E-state index contributed by atoms with van der Waals surface area (Å²) in [7, 11) is 1.98. The first-order valence-corrected chi connectivity index (χ1v) is 14.6. The van der Waals surface area contributed by atoms with Gasteiger partial charge in [0.2, 0.25) is 11.8 Å². The molecular formula is C29H38ClN7O3. The first-order chi connectivity index (χ1) is 19.3. The van der Waals surface area contributed by atoms with E-state index in [0.717, 1.165) is 42.3 Å². The van der Waals surface area contributed by atoms with E-state index in [2.05, 4.69) is 31.5 Å². The molecule has 0 aromatic carbocycles. The topological polar surface area (TPSA) is 115 Å². The van der Waals surface area contributed by atoms with E-state index in [-0.39, 0.29) is 18.0 Å². The third-order valence-corrected chi connectivity index (χ3v) is 7.85. The Morgan fingerprint density at radius 2 is 1.93 bits per heavy atom. The molecule has 40 heavy (non-hydrogen) atoms. The predicted octanol–water partition coefficient (Wildman–Crippen LogP) is 6.01. The summed E-state index contributed by atoms with van der Waals surface area (Å²) in [5.41, 5.74) is 3.35. The summed E-state index contributed by atoms with van der Waals surface area (Å²) < 4.78 is 12.6. The van der Waals surface area contributed by atoms with Gasteiger partial charge in [0.15, 0.2) is 0 Å². The Kier molecular flexibility index (Phi) is 8.85. The zero-order chi connectivity index (χ0) is 28.2. The number of fused-ring (bicyclic) bond motifs is 1. The van der Waals surface area contributed by atoms with Crippen molar-refractivity contribution in [2.75, 3.05) is 18.1 Å². The molecule has 6 rings (SSSR count). The lowest BCUT2D eigenvalue weighted by molar-refractivity contribution is 0.0688. The van der Waals surface area contributed by atoms with Gasteiger partial charge in [-0.1, -0.05) is 55.8 Å².